The van der Waals surface area contributed by atoms with E-state index in [4.69, 9.17) is 4.74 Å². The molecular formula is C16H14BrF3O2S. The first-order valence-corrected chi connectivity index (χ1v) is 8.59. The van der Waals surface area contributed by atoms with Crippen molar-refractivity contribution in [3.8, 4) is 10.4 Å². The van der Waals surface area contributed by atoms with E-state index in [-0.39, 0.29) is 11.4 Å². The first kappa shape index (κ1) is 18.0. The molecule has 1 atom stereocenters. The highest BCUT2D eigenvalue weighted by molar-refractivity contribution is 9.09. The standard InChI is InChI=1S/C16H14BrF3O2S/c1-3-22-15(21)14-12(9(2)17)8-13(23-14)10-4-6-11(7-5-10)16(18,19)20/h4-9H,3H2,1-2H3. The molecule has 0 spiro atoms. The van der Waals surface area contributed by atoms with Crippen LogP contribution in [0.5, 0.6) is 0 Å². The molecule has 0 bridgehead atoms. The molecule has 2 aromatic rings. The quantitative estimate of drug-likeness (QED) is 0.455. The van der Waals surface area contributed by atoms with Crippen molar-refractivity contribution in [2.45, 2.75) is 24.9 Å². The van der Waals surface area contributed by atoms with Crippen LogP contribution in [0, 0.1) is 0 Å². The van der Waals surface area contributed by atoms with Crippen LogP contribution in [0.4, 0.5) is 13.2 Å². The van der Waals surface area contributed by atoms with Crippen molar-refractivity contribution in [1.29, 1.82) is 0 Å². The van der Waals surface area contributed by atoms with E-state index in [9.17, 15) is 18.0 Å². The number of hydrogen-bond donors (Lipinski definition) is 0. The van der Waals surface area contributed by atoms with E-state index in [2.05, 4.69) is 15.9 Å². The molecule has 1 unspecified atom stereocenters. The van der Waals surface area contributed by atoms with E-state index in [1.165, 1.54) is 23.5 Å². The molecule has 0 aliphatic rings. The summed E-state index contributed by atoms with van der Waals surface area (Å²) >= 11 is 4.64. The lowest BCUT2D eigenvalue weighted by Crippen LogP contribution is -2.05. The smallest absolute Gasteiger partial charge is 0.416 e. The first-order valence-electron chi connectivity index (χ1n) is 6.86. The van der Waals surface area contributed by atoms with E-state index < -0.39 is 17.7 Å². The van der Waals surface area contributed by atoms with E-state index in [0.717, 1.165) is 22.6 Å². The Labute approximate surface area is 144 Å². The molecule has 0 radical (unpaired) electrons. The average Bonchev–Trinajstić information content (AvgIpc) is 2.92. The molecule has 2 nitrogen and oxygen atoms in total. The van der Waals surface area contributed by atoms with E-state index in [1.807, 2.05) is 6.92 Å². The van der Waals surface area contributed by atoms with Crippen LogP contribution in [0.1, 0.15) is 39.5 Å². The minimum absolute atomic E-state index is 0.0682. The summed E-state index contributed by atoms with van der Waals surface area (Å²) in [6, 6.07) is 6.70. The second-order valence-corrected chi connectivity index (χ2v) is 7.23. The summed E-state index contributed by atoms with van der Waals surface area (Å²) < 4.78 is 42.9. The number of halogens is 4. The highest BCUT2D eigenvalue weighted by Gasteiger charge is 2.30. The van der Waals surface area contributed by atoms with Crippen LogP contribution in [0.15, 0.2) is 30.3 Å². The Balaban J connectivity index is 2.40. The van der Waals surface area contributed by atoms with Gasteiger partial charge < -0.3 is 4.74 Å². The molecule has 0 N–H and O–H groups in total. The molecule has 1 aromatic carbocycles. The molecular weight excluding hydrogens is 393 g/mol. The lowest BCUT2D eigenvalue weighted by atomic mass is 10.1. The minimum Gasteiger partial charge on any atom is -0.462 e. The van der Waals surface area contributed by atoms with Gasteiger partial charge in [0.2, 0.25) is 0 Å². The Morgan fingerprint density at radius 2 is 1.91 bits per heavy atom. The van der Waals surface area contributed by atoms with Gasteiger partial charge in [-0.2, -0.15) is 13.2 Å². The molecule has 2 rings (SSSR count). The van der Waals surface area contributed by atoms with Gasteiger partial charge in [0.25, 0.3) is 0 Å². The summed E-state index contributed by atoms with van der Waals surface area (Å²) in [7, 11) is 0. The number of benzene rings is 1. The third-order valence-electron chi connectivity index (χ3n) is 3.15. The van der Waals surface area contributed by atoms with E-state index in [1.54, 1.807) is 13.0 Å². The van der Waals surface area contributed by atoms with Gasteiger partial charge in [-0.25, -0.2) is 4.79 Å². The molecule has 0 fully saturated rings. The van der Waals surface area contributed by atoms with Gasteiger partial charge in [-0.1, -0.05) is 28.1 Å². The first-order chi connectivity index (χ1) is 10.7. The van der Waals surface area contributed by atoms with Crippen molar-refractivity contribution in [2.75, 3.05) is 6.61 Å². The molecule has 124 valence electrons. The van der Waals surface area contributed by atoms with E-state index >= 15 is 0 Å². The number of carbonyl (C=O) groups excluding carboxylic acids is 1. The third-order valence-corrected chi connectivity index (χ3v) is 4.82. The largest absolute Gasteiger partial charge is 0.462 e. The molecule has 1 aromatic heterocycles. The molecule has 0 saturated heterocycles. The normalized spacial score (nSPS) is 13.0. The summed E-state index contributed by atoms with van der Waals surface area (Å²) in [5.74, 6) is -0.419. The third kappa shape index (κ3) is 4.14. The van der Waals surface area contributed by atoms with Gasteiger partial charge in [0, 0.05) is 9.70 Å². The molecule has 0 aliphatic carbocycles. The van der Waals surface area contributed by atoms with Gasteiger partial charge in [-0.3, -0.25) is 0 Å². The van der Waals surface area contributed by atoms with Gasteiger partial charge in [0.1, 0.15) is 4.88 Å². The van der Waals surface area contributed by atoms with Crippen LogP contribution < -0.4 is 0 Å². The topological polar surface area (TPSA) is 26.3 Å². The van der Waals surface area contributed by atoms with Crippen molar-refractivity contribution >= 4 is 33.2 Å². The predicted octanol–water partition coefficient (Wildman–Crippen LogP) is 6.07. The maximum Gasteiger partial charge on any atom is 0.416 e. The van der Waals surface area contributed by atoms with Gasteiger partial charge >= 0.3 is 12.1 Å². The summed E-state index contributed by atoms with van der Waals surface area (Å²) in [4.78, 5) is 13.1. The van der Waals surface area contributed by atoms with Crippen molar-refractivity contribution in [1.82, 2.24) is 0 Å². The second-order valence-electron chi connectivity index (χ2n) is 4.81. The molecule has 0 saturated carbocycles. The van der Waals surface area contributed by atoms with Crippen molar-refractivity contribution in [2.24, 2.45) is 0 Å². The van der Waals surface area contributed by atoms with Crippen LogP contribution in [0.3, 0.4) is 0 Å². The van der Waals surface area contributed by atoms with Crippen LogP contribution in [-0.2, 0) is 10.9 Å². The monoisotopic (exact) mass is 406 g/mol. The van der Waals surface area contributed by atoms with Gasteiger partial charge in [-0.15, -0.1) is 11.3 Å². The molecule has 0 aliphatic heterocycles. The fourth-order valence-electron chi connectivity index (χ4n) is 2.02. The number of esters is 1. The molecule has 0 amide bonds. The zero-order valence-corrected chi connectivity index (χ0v) is 14.8. The fourth-order valence-corrected chi connectivity index (χ4v) is 3.69. The number of ether oxygens (including phenoxy) is 1. The summed E-state index contributed by atoms with van der Waals surface area (Å²) in [5.41, 5.74) is 0.703. The highest BCUT2D eigenvalue weighted by Crippen LogP contribution is 2.38. The Bertz CT molecular complexity index is 690. The lowest BCUT2D eigenvalue weighted by Gasteiger charge is -2.06. The van der Waals surface area contributed by atoms with Gasteiger partial charge in [-0.05, 0) is 43.2 Å². The number of carbonyl (C=O) groups is 1. The Morgan fingerprint density at radius 3 is 2.39 bits per heavy atom. The van der Waals surface area contributed by atoms with Crippen LogP contribution in [0.2, 0.25) is 0 Å². The fraction of sp³-hybridized carbons (Fsp3) is 0.312. The summed E-state index contributed by atoms with van der Waals surface area (Å²) in [6.07, 6.45) is -4.36. The van der Waals surface area contributed by atoms with Crippen LogP contribution >= 0.6 is 27.3 Å². The van der Waals surface area contributed by atoms with Gasteiger partial charge in [0.05, 0.1) is 12.2 Å². The molecule has 23 heavy (non-hydrogen) atoms. The van der Waals surface area contributed by atoms with E-state index in [0.29, 0.717) is 10.4 Å². The minimum atomic E-state index is -4.36. The SMILES string of the molecule is CCOC(=O)c1sc(-c2ccc(C(F)(F)F)cc2)cc1C(C)Br. The van der Waals surface area contributed by atoms with Crippen molar-refractivity contribution < 1.29 is 22.7 Å². The maximum absolute atomic E-state index is 12.6. The molecule has 7 heteroatoms. The molecule has 1 heterocycles. The predicted molar refractivity (Wildman–Crippen MR) is 88.1 cm³/mol. The van der Waals surface area contributed by atoms with Crippen LogP contribution in [0.25, 0.3) is 10.4 Å². The highest BCUT2D eigenvalue weighted by atomic mass is 79.9. The average molecular weight is 407 g/mol. The summed E-state index contributed by atoms with van der Waals surface area (Å²) in [5, 5.41) is 0. The number of alkyl halides is 4. The number of hydrogen-bond acceptors (Lipinski definition) is 3. The van der Waals surface area contributed by atoms with Crippen LogP contribution in [-0.4, -0.2) is 12.6 Å². The van der Waals surface area contributed by atoms with Crippen molar-refractivity contribution in [3.63, 3.8) is 0 Å². The number of rotatable bonds is 4. The van der Waals surface area contributed by atoms with Gasteiger partial charge in [0.15, 0.2) is 0 Å². The zero-order valence-electron chi connectivity index (χ0n) is 12.4. The number of thiophene rings is 1. The Morgan fingerprint density at radius 1 is 1.30 bits per heavy atom. The Kier molecular flexibility index (Phi) is 5.52. The lowest BCUT2D eigenvalue weighted by molar-refractivity contribution is -0.137. The second kappa shape index (κ2) is 7.05. The van der Waals surface area contributed by atoms with Crippen molar-refractivity contribution in [3.05, 3.63) is 46.3 Å². The maximum atomic E-state index is 12.6. The zero-order chi connectivity index (χ0) is 17.2. The summed E-state index contributed by atoms with van der Waals surface area (Å²) in [6.45, 7) is 3.86. The Hall–Kier alpha value is -1.34.